The van der Waals surface area contributed by atoms with Gasteiger partial charge >= 0.3 is 5.97 Å². The van der Waals surface area contributed by atoms with E-state index < -0.39 is 29.3 Å². The fourth-order valence-corrected chi connectivity index (χ4v) is 2.67. The molecule has 8 heteroatoms. The predicted octanol–water partition coefficient (Wildman–Crippen LogP) is 1.93. The number of rotatable bonds is 4. The summed E-state index contributed by atoms with van der Waals surface area (Å²) < 4.78 is 36.7. The fourth-order valence-electron chi connectivity index (χ4n) is 1.24. The summed E-state index contributed by atoms with van der Waals surface area (Å²) >= 11 is 0. The van der Waals surface area contributed by atoms with Gasteiger partial charge in [0, 0.05) is 18.9 Å². The summed E-state index contributed by atoms with van der Waals surface area (Å²) in [7, 11) is -6.56. The molecule has 0 aliphatic rings. The summed E-state index contributed by atoms with van der Waals surface area (Å²) in [5, 5.41) is 0. The van der Waals surface area contributed by atoms with Gasteiger partial charge in [-0.3, -0.25) is 4.55 Å². The smallest absolute Gasteiger partial charge is 0.326 e. The average molecular weight is 295 g/mol. The molecule has 0 unspecified atom stereocenters. The number of benzene rings is 1. The molecule has 0 bridgehead atoms. The van der Waals surface area contributed by atoms with Gasteiger partial charge in [-0.05, 0) is 31.3 Å². The molecule has 1 N–H and O–H groups in total. The van der Waals surface area contributed by atoms with Crippen molar-refractivity contribution in [3.05, 3.63) is 29.8 Å². The molecule has 0 aromatic heterocycles. The van der Waals surface area contributed by atoms with E-state index in [0.29, 0.717) is 0 Å². The molecule has 1 aromatic carbocycles. The van der Waals surface area contributed by atoms with Crippen LogP contribution in [-0.4, -0.2) is 46.1 Å². The number of hydrogen-bond acceptors (Lipinski definition) is 4. The third kappa shape index (κ3) is 5.12. The monoisotopic (exact) mass is 295 g/mol. The molecule has 0 saturated heterocycles. The van der Waals surface area contributed by atoms with Gasteiger partial charge in [-0.1, -0.05) is 19.1 Å². The van der Waals surface area contributed by atoms with Crippen molar-refractivity contribution in [2.45, 2.75) is 31.0 Å². The van der Waals surface area contributed by atoms with E-state index in [2.05, 4.69) is 0 Å². The molecular weight excluding hydrogens is 279 g/mol. The Bertz CT molecular complexity index is 556. The summed E-state index contributed by atoms with van der Waals surface area (Å²) in [6.07, 6.45) is 0. The average Bonchev–Trinajstić information content (AvgIpc) is 2.27. The van der Waals surface area contributed by atoms with E-state index in [4.69, 9.17) is 8.98 Å². The van der Waals surface area contributed by atoms with Crippen molar-refractivity contribution in [2.24, 2.45) is 0 Å². The van der Waals surface area contributed by atoms with Crippen LogP contribution in [0.4, 0.5) is 0 Å². The maximum absolute atomic E-state index is 11.9. The topological polar surface area (TPSA) is 80.7 Å². The Labute approximate surface area is 126 Å². The summed E-state index contributed by atoms with van der Waals surface area (Å²) in [6, 6.07) is 6.18. The number of hydrogen-bond donors (Lipinski definition) is 1. The van der Waals surface area contributed by atoms with E-state index >= 15 is 0 Å². The van der Waals surface area contributed by atoms with E-state index in [0.717, 1.165) is 6.04 Å². The van der Waals surface area contributed by atoms with Crippen LogP contribution >= 0.6 is 0 Å². The van der Waals surface area contributed by atoms with Crippen LogP contribution in [0.1, 0.15) is 17.3 Å². The fraction of sp³-hybridized carbons (Fsp3) is 0.364. The standard InChI is InChI=1S/C11H16O5SSi.Li/c1-4-18(2,3)16-11(12)9-7-5-6-8-10(9)17(13,14)15;/h5-8H,4H2,1-3H3,(H,13,14,15);. The molecule has 101 valence electrons. The molecule has 0 amide bonds. The van der Waals surface area contributed by atoms with Crippen LogP contribution in [0.15, 0.2) is 29.2 Å². The number of carbonyl (C=O) groups is 1. The second kappa shape index (κ2) is 6.72. The normalized spacial score (nSPS) is 11.6. The Kier molecular flexibility index (Phi) is 6.52. The van der Waals surface area contributed by atoms with Gasteiger partial charge in [0.2, 0.25) is 8.32 Å². The predicted molar refractivity (Wildman–Crippen MR) is 75.4 cm³/mol. The first kappa shape index (κ1) is 18.4. The zero-order chi connectivity index (χ0) is 14.0. The van der Waals surface area contributed by atoms with Gasteiger partial charge in [0.05, 0.1) is 5.56 Å². The molecular formula is C11H16LiO5SSi. The van der Waals surface area contributed by atoms with E-state index in [1.165, 1.54) is 24.3 Å². The summed E-state index contributed by atoms with van der Waals surface area (Å²) in [5.41, 5.74) is -0.131. The quantitative estimate of drug-likeness (QED) is 0.678. The Hall–Kier alpha value is -0.586. The molecule has 0 heterocycles. The van der Waals surface area contributed by atoms with Crippen molar-refractivity contribution >= 4 is 43.3 Å². The molecule has 0 fully saturated rings. The van der Waals surface area contributed by atoms with Crippen molar-refractivity contribution in [3.8, 4) is 0 Å². The van der Waals surface area contributed by atoms with E-state index in [1.54, 1.807) is 0 Å². The Morgan fingerprint density at radius 3 is 2.32 bits per heavy atom. The van der Waals surface area contributed by atoms with Crippen LogP contribution in [-0.2, 0) is 14.5 Å². The third-order valence-corrected chi connectivity index (χ3v) is 5.96. The van der Waals surface area contributed by atoms with Gasteiger partial charge < -0.3 is 4.43 Å². The second-order valence-electron chi connectivity index (χ2n) is 4.47. The van der Waals surface area contributed by atoms with Crippen molar-refractivity contribution in [1.29, 1.82) is 0 Å². The first-order valence-corrected chi connectivity index (χ1v) is 10.0. The van der Waals surface area contributed by atoms with Crippen LogP contribution in [0, 0.1) is 0 Å². The van der Waals surface area contributed by atoms with Crippen LogP contribution in [0.5, 0.6) is 0 Å². The molecule has 1 radical (unpaired) electrons. The molecule has 0 aliphatic carbocycles. The van der Waals surface area contributed by atoms with E-state index in [9.17, 15) is 13.2 Å². The van der Waals surface area contributed by atoms with Gasteiger partial charge in [0.25, 0.3) is 10.1 Å². The van der Waals surface area contributed by atoms with Crippen LogP contribution in [0.25, 0.3) is 0 Å². The van der Waals surface area contributed by atoms with Crippen LogP contribution in [0.3, 0.4) is 0 Å². The summed E-state index contributed by atoms with van der Waals surface area (Å²) in [6.45, 7) is 5.64. The minimum absolute atomic E-state index is 0. The zero-order valence-electron chi connectivity index (χ0n) is 11.5. The van der Waals surface area contributed by atoms with E-state index in [1.807, 2.05) is 20.0 Å². The zero-order valence-corrected chi connectivity index (χ0v) is 13.3. The van der Waals surface area contributed by atoms with Gasteiger partial charge in [-0.25, -0.2) is 4.79 Å². The molecule has 1 rings (SSSR count). The molecule has 19 heavy (non-hydrogen) atoms. The Morgan fingerprint density at radius 2 is 1.84 bits per heavy atom. The Morgan fingerprint density at radius 1 is 1.32 bits per heavy atom. The van der Waals surface area contributed by atoms with Crippen molar-refractivity contribution in [3.63, 3.8) is 0 Å². The molecule has 0 atom stereocenters. The van der Waals surface area contributed by atoms with Crippen molar-refractivity contribution in [2.75, 3.05) is 0 Å². The Balaban J connectivity index is 0.00000324. The number of carbonyl (C=O) groups excluding carboxylic acids is 1. The van der Waals surface area contributed by atoms with Crippen LogP contribution < -0.4 is 0 Å². The van der Waals surface area contributed by atoms with Gasteiger partial charge in [0.1, 0.15) is 4.90 Å². The minimum atomic E-state index is -4.43. The maximum Gasteiger partial charge on any atom is 0.326 e. The molecule has 0 spiro atoms. The van der Waals surface area contributed by atoms with E-state index in [-0.39, 0.29) is 24.4 Å². The van der Waals surface area contributed by atoms with Crippen molar-refractivity contribution in [1.82, 2.24) is 0 Å². The van der Waals surface area contributed by atoms with Crippen molar-refractivity contribution < 1.29 is 22.2 Å². The first-order valence-electron chi connectivity index (χ1n) is 5.47. The molecule has 0 saturated carbocycles. The summed E-state index contributed by atoms with van der Waals surface area (Å²) in [4.78, 5) is 11.5. The summed E-state index contributed by atoms with van der Waals surface area (Å²) in [5.74, 6) is -0.707. The largest absolute Gasteiger partial charge is 0.516 e. The van der Waals surface area contributed by atoms with Crippen LogP contribution in [0.2, 0.25) is 19.1 Å². The van der Waals surface area contributed by atoms with Gasteiger partial charge in [-0.15, -0.1) is 0 Å². The minimum Gasteiger partial charge on any atom is -0.516 e. The molecule has 0 aliphatic heterocycles. The molecule has 5 nitrogen and oxygen atoms in total. The molecule has 1 aromatic rings. The SMILES string of the molecule is CC[Si](C)(C)OC(=O)c1ccccc1S(=O)(=O)O.[Li]. The second-order valence-corrected chi connectivity index (χ2v) is 10.3. The third-order valence-electron chi connectivity index (χ3n) is 2.61. The van der Waals surface area contributed by atoms with Gasteiger partial charge in [0.15, 0.2) is 0 Å². The maximum atomic E-state index is 11.9. The van der Waals surface area contributed by atoms with Gasteiger partial charge in [-0.2, -0.15) is 8.42 Å². The first-order chi connectivity index (χ1) is 8.17.